The van der Waals surface area contributed by atoms with Gasteiger partial charge in [0, 0.05) is 7.05 Å². The van der Waals surface area contributed by atoms with Crippen LogP contribution in [0.1, 0.15) is 0 Å². The molecule has 1 N–H and O–H groups in total. The Hall–Kier alpha value is -2.56. The van der Waals surface area contributed by atoms with Crippen LogP contribution in [-0.4, -0.2) is 21.8 Å². The van der Waals surface area contributed by atoms with Gasteiger partial charge in [-0.15, -0.1) is 0 Å². The standard InChI is InChI=1S/C15H13FN2O2/c1-18-12-8-9(16)6-7-11(12)17-15(18)10-4-3-5-13(20-2)14(10)19/h3-8,19H,1-2H3. The molecule has 0 aliphatic carbocycles. The van der Waals surface area contributed by atoms with Crippen LogP contribution in [0.4, 0.5) is 4.39 Å². The third-order valence-corrected chi connectivity index (χ3v) is 3.30. The van der Waals surface area contributed by atoms with Crippen LogP contribution in [0.25, 0.3) is 22.4 Å². The second-order valence-electron chi connectivity index (χ2n) is 4.48. The smallest absolute Gasteiger partial charge is 0.168 e. The first-order chi connectivity index (χ1) is 9.61. The molecule has 0 atom stereocenters. The van der Waals surface area contributed by atoms with Gasteiger partial charge in [0.15, 0.2) is 11.5 Å². The highest BCUT2D eigenvalue weighted by atomic mass is 19.1. The zero-order chi connectivity index (χ0) is 14.3. The highest BCUT2D eigenvalue weighted by Crippen LogP contribution is 2.37. The molecule has 3 rings (SSSR count). The Morgan fingerprint density at radius 1 is 1.25 bits per heavy atom. The maximum atomic E-state index is 13.3. The Labute approximate surface area is 115 Å². The molecule has 102 valence electrons. The molecule has 20 heavy (non-hydrogen) atoms. The number of imidazole rings is 1. The number of nitrogens with zero attached hydrogens (tertiary/aromatic N) is 2. The minimum atomic E-state index is -0.318. The molecular weight excluding hydrogens is 259 g/mol. The van der Waals surface area contributed by atoms with Gasteiger partial charge in [0.05, 0.1) is 23.7 Å². The van der Waals surface area contributed by atoms with E-state index in [9.17, 15) is 9.50 Å². The Bertz CT molecular complexity index is 796. The quantitative estimate of drug-likeness (QED) is 0.779. The average Bonchev–Trinajstić information content (AvgIpc) is 2.76. The first-order valence-electron chi connectivity index (χ1n) is 6.10. The molecule has 5 heteroatoms. The van der Waals surface area contributed by atoms with Gasteiger partial charge in [0.2, 0.25) is 0 Å². The molecular formula is C15H13FN2O2. The number of hydrogen-bond acceptors (Lipinski definition) is 3. The number of halogens is 1. The number of aromatic hydroxyl groups is 1. The van der Waals surface area contributed by atoms with Gasteiger partial charge < -0.3 is 14.4 Å². The molecule has 0 unspecified atom stereocenters. The summed E-state index contributed by atoms with van der Waals surface area (Å²) in [5, 5.41) is 10.2. The van der Waals surface area contributed by atoms with E-state index < -0.39 is 0 Å². The lowest BCUT2D eigenvalue weighted by Crippen LogP contribution is -1.94. The van der Waals surface area contributed by atoms with E-state index in [1.165, 1.54) is 19.2 Å². The number of phenols is 1. The molecule has 0 radical (unpaired) electrons. The van der Waals surface area contributed by atoms with Crippen LogP contribution in [0.2, 0.25) is 0 Å². The number of aryl methyl sites for hydroxylation is 1. The molecule has 3 aromatic rings. The minimum absolute atomic E-state index is 0.0221. The SMILES string of the molecule is COc1cccc(-c2nc3ccc(F)cc3n2C)c1O. The summed E-state index contributed by atoms with van der Waals surface area (Å²) in [4.78, 5) is 4.44. The highest BCUT2D eigenvalue weighted by molar-refractivity contribution is 5.82. The lowest BCUT2D eigenvalue weighted by Gasteiger charge is -2.08. The van der Waals surface area contributed by atoms with Crippen molar-refractivity contribution >= 4 is 11.0 Å². The van der Waals surface area contributed by atoms with E-state index in [0.717, 1.165) is 0 Å². The second kappa shape index (κ2) is 4.52. The zero-order valence-corrected chi connectivity index (χ0v) is 11.1. The van der Waals surface area contributed by atoms with Crippen LogP contribution < -0.4 is 4.74 Å². The molecule has 0 spiro atoms. The fourth-order valence-electron chi connectivity index (χ4n) is 2.27. The monoisotopic (exact) mass is 272 g/mol. The molecule has 0 amide bonds. The largest absolute Gasteiger partial charge is 0.504 e. The van der Waals surface area contributed by atoms with E-state index in [1.807, 2.05) is 0 Å². The Morgan fingerprint density at radius 3 is 2.80 bits per heavy atom. The van der Waals surface area contributed by atoms with Gasteiger partial charge >= 0.3 is 0 Å². The molecule has 4 nitrogen and oxygen atoms in total. The van der Waals surface area contributed by atoms with Crippen molar-refractivity contribution in [2.75, 3.05) is 7.11 Å². The summed E-state index contributed by atoms with van der Waals surface area (Å²) >= 11 is 0. The topological polar surface area (TPSA) is 47.3 Å². The van der Waals surface area contributed by atoms with Gasteiger partial charge in [-0.1, -0.05) is 6.07 Å². The normalized spacial score (nSPS) is 10.9. The Morgan fingerprint density at radius 2 is 2.05 bits per heavy atom. The van der Waals surface area contributed by atoms with Crippen LogP contribution in [0, 0.1) is 5.82 Å². The van der Waals surface area contributed by atoms with Crippen molar-refractivity contribution in [2.45, 2.75) is 0 Å². The van der Waals surface area contributed by atoms with Crippen molar-refractivity contribution in [1.82, 2.24) is 9.55 Å². The Balaban J connectivity index is 2.27. The van der Waals surface area contributed by atoms with Crippen molar-refractivity contribution in [1.29, 1.82) is 0 Å². The third-order valence-electron chi connectivity index (χ3n) is 3.30. The van der Waals surface area contributed by atoms with Gasteiger partial charge in [0.25, 0.3) is 0 Å². The van der Waals surface area contributed by atoms with Gasteiger partial charge in [-0.2, -0.15) is 0 Å². The summed E-state index contributed by atoms with van der Waals surface area (Å²) in [6, 6.07) is 9.59. The molecule has 0 aliphatic rings. The van der Waals surface area contributed by atoms with Gasteiger partial charge in [-0.25, -0.2) is 9.37 Å². The lowest BCUT2D eigenvalue weighted by atomic mass is 10.1. The molecule has 1 heterocycles. The molecule has 1 aromatic heterocycles. The summed E-state index contributed by atoms with van der Waals surface area (Å²) in [5.41, 5.74) is 1.89. The van der Waals surface area contributed by atoms with E-state index in [4.69, 9.17) is 4.74 Å². The molecule has 0 aliphatic heterocycles. The molecule has 0 saturated heterocycles. The van der Waals surface area contributed by atoms with E-state index in [-0.39, 0.29) is 11.6 Å². The molecule has 0 saturated carbocycles. The third kappa shape index (κ3) is 1.79. The summed E-state index contributed by atoms with van der Waals surface area (Å²) < 4.78 is 20.2. The van der Waals surface area contributed by atoms with E-state index in [2.05, 4.69) is 4.98 Å². The van der Waals surface area contributed by atoms with Crippen molar-refractivity contribution in [3.05, 3.63) is 42.2 Å². The van der Waals surface area contributed by atoms with Crippen LogP contribution in [-0.2, 0) is 7.05 Å². The van der Waals surface area contributed by atoms with Crippen LogP contribution in [0.5, 0.6) is 11.5 Å². The number of benzene rings is 2. The number of methoxy groups -OCH3 is 1. The first-order valence-corrected chi connectivity index (χ1v) is 6.10. The van der Waals surface area contributed by atoms with E-state index in [1.54, 1.807) is 35.9 Å². The summed E-state index contributed by atoms with van der Waals surface area (Å²) in [6.07, 6.45) is 0. The van der Waals surface area contributed by atoms with Crippen LogP contribution in [0.3, 0.4) is 0 Å². The van der Waals surface area contributed by atoms with Crippen LogP contribution >= 0.6 is 0 Å². The summed E-state index contributed by atoms with van der Waals surface area (Å²) in [7, 11) is 3.27. The van der Waals surface area contributed by atoms with Gasteiger partial charge in [0.1, 0.15) is 11.6 Å². The zero-order valence-electron chi connectivity index (χ0n) is 11.1. The molecule has 0 fully saturated rings. The molecule has 2 aromatic carbocycles. The minimum Gasteiger partial charge on any atom is -0.504 e. The summed E-state index contributed by atoms with van der Waals surface area (Å²) in [5.74, 6) is 0.638. The average molecular weight is 272 g/mol. The van der Waals surface area contributed by atoms with Crippen LogP contribution in [0.15, 0.2) is 36.4 Å². The highest BCUT2D eigenvalue weighted by Gasteiger charge is 2.16. The van der Waals surface area contributed by atoms with Crippen molar-refractivity contribution in [2.24, 2.45) is 7.05 Å². The van der Waals surface area contributed by atoms with Crippen molar-refractivity contribution in [3.8, 4) is 22.9 Å². The molecule has 0 bridgehead atoms. The second-order valence-corrected chi connectivity index (χ2v) is 4.48. The maximum absolute atomic E-state index is 13.3. The van der Waals surface area contributed by atoms with Gasteiger partial charge in [-0.3, -0.25) is 0 Å². The maximum Gasteiger partial charge on any atom is 0.168 e. The van der Waals surface area contributed by atoms with E-state index >= 15 is 0 Å². The number of para-hydroxylation sites is 1. The van der Waals surface area contributed by atoms with Crippen molar-refractivity contribution in [3.63, 3.8) is 0 Å². The summed E-state index contributed by atoms with van der Waals surface area (Å²) in [6.45, 7) is 0. The number of fused-ring (bicyclic) bond motifs is 1. The number of rotatable bonds is 2. The van der Waals surface area contributed by atoms with Gasteiger partial charge in [-0.05, 0) is 30.3 Å². The Kier molecular flexibility index (Phi) is 2.82. The lowest BCUT2D eigenvalue weighted by molar-refractivity contribution is 0.374. The predicted molar refractivity (Wildman–Crippen MR) is 74.3 cm³/mol. The van der Waals surface area contributed by atoms with Crippen molar-refractivity contribution < 1.29 is 14.2 Å². The fraction of sp³-hybridized carbons (Fsp3) is 0.133. The first kappa shape index (κ1) is 12.5. The number of aromatic nitrogens is 2. The van der Waals surface area contributed by atoms with E-state index in [0.29, 0.717) is 28.2 Å². The number of phenolic OH excluding ortho intramolecular Hbond substituents is 1. The number of ether oxygens (including phenoxy) is 1. The number of hydrogen-bond donors (Lipinski definition) is 1. The fourth-order valence-corrected chi connectivity index (χ4v) is 2.27. The predicted octanol–water partition coefficient (Wildman–Crippen LogP) is 3.09.